The number of hydrogen-bond acceptors (Lipinski definition) is 4. The first kappa shape index (κ1) is 26.3. The first-order valence-corrected chi connectivity index (χ1v) is 13.4. The van der Waals surface area contributed by atoms with Crippen LogP contribution < -0.4 is 5.69 Å². The third-order valence-electron chi connectivity index (χ3n) is 7.12. The van der Waals surface area contributed by atoms with E-state index in [1.807, 2.05) is 78.9 Å². The van der Waals surface area contributed by atoms with Gasteiger partial charge in [0.05, 0.1) is 12.2 Å². The third-order valence-corrected chi connectivity index (χ3v) is 7.12. The maximum atomic E-state index is 14.4. The highest BCUT2D eigenvalue weighted by Crippen LogP contribution is 2.30. The van der Waals surface area contributed by atoms with Crippen molar-refractivity contribution >= 4 is 0 Å². The first-order valence-electron chi connectivity index (χ1n) is 13.4. The molecular formula is C31H33FN6O. The molecule has 5 aromatic rings. The molecule has 0 bridgehead atoms. The number of alkyl halides is 1. The number of nitrogens with zero attached hydrogens (tertiary/aromatic N) is 5. The Balaban J connectivity index is 1.45. The van der Waals surface area contributed by atoms with Crippen LogP contribution in [0, 0.1) is 5.92 Å². The molecule has 0 aliphatic heterocycles. The number of nitrogens with one attached hydrogen (secondary N) is 1. The van der Waals surface area contributed by atoms with Gasteiger partial charge in [-0.05, 0) is 52.6 Å². The molecule has 0 spiro atoms. The van der Waals surface area contributed by atoms with Crippen LogP contribution in [0.2, 0.25) is 0 Å². The van der Waals surface area contributed by atoms with Gasteiger partial charge in [-0.25, -0.2) is 9.18 Å². The Hall–Kier alpha value is -4.33. The predicted octanol–water partition coefficient (Wildman–Crippen LogP) is 5.85. The molecule has 5 rings (SSSR count). The Labute approximate surface area is 227 Å². The zero-order chi connectivity index (χ0) is 27.2. The lowest BCUT2D eigenvalue weighted by Gasteiger charge is -2.12. The van der Waals surface area contributed by atoms with E-state index in [2.05, 4.69) is 34.5 Å². The number of benzene rings is 3. The molecule has 0 atom stereocenters. The van der Waals surface area contributed by atoms with Gasteiger partial charge in [-0.1, -0.05) is 92.7 Å². The van der Waals surface area contributed by atoms with Crippen LogP contribution in [0.15, 0.2) is 83.7 Å². The Morgan fingerprint density at radius 3 is 2.21 bits per heavy atom. The minimum atomic E-state index is -0.656. The van der Waals surface area contributed by atoms with Crippen molar-refractivity contribution in [3.63, 3.8) is 0 Å². The summed E-state index contributed by atoms with van der Waals surface area (Å²) in [6.07, 6.45) is 2.23. The molecule has 3 aromatic carbocycles. The fourth-order valence-electron chi connectivity index (χ4n) is 5.00. The van der Waals surface area contributed by atoms with Gasteiger partial charge in [-0.3, -0.25) is 9.13 Å². The number of aromatic nitrogens is 6. The SMILES string of the molecule is CC(C)CCc1c(CF)n(CCc2ccccc2)c(=O)n1Cc1ccc(-c2ccccc2-c2nn[nH]n2)cc1. The number of tetrazole rings is 1. The number of aryl methyl sites for hydroxylation is 1. The molecule has 39 heavy (non-hydrogen) atoms. The van der Waals surface area contributed by atoms with E-state index in [0.717, 1.165) is 39.9 Å². The van der Waals surface area contributed by atoms with Crippen LogP contribution in [0.1, 0.15) is 42.8 Å². The van der Waals surface area contributed by atoms with Crippen LogP contribution in [0.5, 0.6) is 0 Å². The lowest BCUT2D eigenvalue weighted by atomic mass is 9.98. The molecule has 0 amide bonds. The highest BCUT2D eigenvalue weighted by molar-refractivity contribution is 5.80. The van der Waals surface area contributed by atoms with Crippen LogP contribution in [-0.4, -0.2) is 29.8 Å². The minimum Gasteiger partial charge on any atom is -0.293 e. The summed E-state index contributed by atoms with van der Waals surface area (Å²) in [4.78, 5) is 13.6. The highest BCUT2D eigenvalue weighted by Gasteiger charge is 2.20. The van der Waals surface area contributed by atoms with Crippen molar-refractivity contribution in [3.8, 4) is 22.5 Å². The highest BCUT2D eigenvalue weighted by atomic mass is 19.1. The van der Waals surface area contributed by atoms with E-state index in [1.54, 1.807) is 9.13 Å². The second-order valence-electron chi connectivity index (χ2n) is 10.2. The minimum absolute atomic E-state index is 0.149. The van der Waals surface area contributed by atoms with Crippen LogP contribution in [0.25, 0.3) is 22.5 Å². The van der Waals surface area contributed by atoms with Crippen LogP contribution in [-0.2, 0) is 32.6 Å². The summed E-state index contributed by atoms with van der Waals surface area (Å²) in [7, 11) is 0. The molecule has 7 nitrogen and oxygen atoms in total. The van der Waals surface area contributed by atoms with E-state index in [0.29, 0.717) is 43.4 Å². The zero-order valence-corrected chi connectivity index (χ0v) is 22.3. The molecule has 8 heteroatoms. The maximum absolute atomic E-state index is 14.4. The number of aromatic amines is 1. The molecule has 0 aliphatic rings. The van der Waals surface area contributed by atoms with Crippen molar-refractivity contribution in [1.29, 1.82) is 0 Å². The third kappa shape index (κ3) is 5.90. The molecule has 2 heterocycles. The molecule has 1 N–H and O–H groups in total. The van der Waals surface area contributed by atoms with Gasteiger partial charge in [0, 0.05) is 17.8 Å². The van der Waals surface area contributed by atoms with Gasteiger partial charge in [0.25, 0.3) is 0 Å². The van der Waals surface area contributed by atoms with Gasteiger partial charge in [0.2, 0.25) is 5.82 Å². The second-order valence-corrected chi connectivity index (χ2v) is 10.2. The number of rotatable bonds is 11. The Bertz CT molecular complexity index is 1550. The molecule has 0 saturated heterocycles. The first-order chi connectivity index (χ1) is 19.0. The van der Waals surface area contributed by atoms with E-state index in [-0.39, 0.29) is 5.69 Å². The fraction of sp³-hybridized carbons (Fsp3) is 0.290. The average Bonchev–Trinajstić information content (AvgIpc) is 3.59. The van der Waals surface area contributed by atoms with E-state index in [9.17, 15) is 9.18 Å². The van der Waals surface area contributed by atoms with Crippen molar-refractivity contribution < 1.29 is 4.39 Å². The topological polar surface area (TPSA) is 81.4 Å². The van der Waals surface area contributed by atoms with E-state index in [4.69, 9.17) is 0 Å². The van der Waals surface area contributed by atoms with Crippen LogP contribution >= 0.6 is 0 Å². The molecule has 0 fully saturated rings. The summed E-state index contributed by atoms with van der Waals surface area (Å²) in [5, 5.41) is 14.5. The Morgan fingerprint density at radius 1 is 0.821 bits per heavy atom. The zero-order valence-electron chi connectivity index (χ0n) is 22.3. The van der Waals surface area contributed by atoms with Gasteiger partial charge in [0.15, 0.2) is 0 Å². The summed E-state index contributed by atoms with van der Waals surface area (Å²) in [6.45, 7) is 4.49. The van der Waals surface area contributed by atoms with Crippen molar-refractivity contribution in [1.82, 2.24) is 29.8 Å². The number of halogens is 1. The molecule has 0 saturated carbocycles. The normalized spacial score (nSPS) is 11.4. The summed E-state index contributed by atoms with van der Waals surface area (Å²) >= 11 is 0. The van der Waals surface area contributed by atoms with Gasteiger partial charge >= 0.3 is 5.69 Å². The quantitative estimate of drug-likeness (QED) is 0.235. The summed E-state index contributed by atoms with van der Waals surface area (Å²) in [5.74, 6) is 0.985. The van der Waals surface area contributed by atoms with Crippen LogP contribution in [0.4, 0.5) is 4.39 Å². The molecule has 0 unspecified atom stereocenters. The second kappa shape index (κ2) is 12.0. The molecule has 200 valence electrons. The summed E-state index contributed by atoms with van der Waals surface area (Å²) in [6, 6.07) is 26.0. The lowest BCUT2D eigenvalue weighted by Crippen LogP contribution is -2.26. The number of imidazole rings is 1. The monoisotopic (exact) mass is 524 g/mol. The molecular weight excluding hydrogens is 491 g/mol. The molecule has 0 aliphatic carbocycles. The van der Waals surface area contributed by atoms with Gasteiger partial charge in [-0.15, -0.1) is 10.2 Å². The number of H-pyrrole nitrogens is 1. The van der Waals surface area contributed by atoms with Crippen molar-refractivity contribution in [2.75, 3.05) is 0 Å². The fourth-order valence-corrected chi connectivity index (χ4v) is 5.00. The van der Waals surface area contributed by atoms with E-state index < -0.39 is 6.67 Å². The van der Waals surface area contributed by atoms with Gasteiger partial charge < -0.3 is 0 Å². The Morgan fingerprint density at radius 2 is 1.54 bits per heavy atom. The van der Waals surface area contributed by atoms with Crippen LogP contribution in [0.3, 0.4) is 0 Å². The smallest absolute Gasteiger partial charge is 0.293 e. The lowest BCUT2D eigenvalue weighted by molar-refractivity contribution is 0.448. The van der Waals surface area contributed by atoms with Crippen molar-refractivity contribution in [2.24, 2.45) is 5.92 Å². The van der Waals surface area contributed by atoms with Gasteiger partial charge in [-0.2, -0.15) is 5.21 Å². The van der Waals surface area contributed by atoms with E-state index in [1.165, 1.54) is 0 Å². The molecule has 0 radical (unpaired) electrons. The van der Waals surface area contributed by atoms with Crippen molar-refractivity contribution in [3.05, 3.63) is 112 Å². The number of hydrogen-bond donors (Lipinski definition) is 1. The summed E-state index contributed by atoms with van der Waals surface area (Å²) < 4.78 is 17.8. The van der Waals surface area contributed by atoms with Gasteiger partial charge in [0.1, 0.15) is 6.67 Å². The van der Waals surface area contributed by atoms with Crippen molar-refractivity contribution in [2.45, 2.75) is 52.9 Å². The maximum Gasteiger partial charge on any atom is 0.328 e. The Kier molecular flexibility index (Phi) is 8.10. The summed E-state index contributed by atoms with van der Waals surface area (Å²) in [5.41, 5.74) is 6.15. The average molecular weight is 525 g/mol. The predicted molar refractivity (Wildman–Crippen MR) is 151 cm³/mol. The molecule has 2 aromatic heterocycles. The van der Waals surface area contributed by atoms with E-state index >= 15 is 0 Å². The largest absolute Gasteiger partial charge is 0.328 e. The standard InChI is InChI=1S/C31H33FN6O/c1-22(2)12-17-28-29(20-32)37(19-18-23-8-4-3-5-9-23)31(39)38(28)21-24-13-15-25(16-14-24)26-10-6-7-11-27(26)30-33-35-36-34-30/h3-11,13-16,22H,12,17-21H2,1-2H3,(H,33,34,35,36).